The zero-order valence-corrected chi connectivity index (χ0v) is 39.4. The minimum absolute atomic E-state index is 0.00272. The highest BCUT2D eigenvalue weighted by atomic mass is 16.4. The van der Waals surface area contributed by atoms with E-state index in [1.54, 1.807) is 0 Å². The molecule has 4 rings (SSSR count). The molecule has 0 bridgehead atoms. The van der Waals surface area contributed by atoms with Gasteiger partial charge in [0.05, 0.1) is 31.5 Å². The second-order valence-corrected chi connectivity index (χ2v) is 17.4. The quantitative estimate of drug-likeness (QED) is 0.0418. The van der Waals surface area contributed by atoms with Crippen LogP contribution in [0.1, 0.15) is 70.1 Å². The molecule has 394 valence electrons. The molecule has 2 saturated heterocycles. The van der Waals surface area contributed by atoms with Crippen LogP contribution in [-0.2, 0) is 65.6 Å². The molecule has 2 fully saturated rings. The summed E-state index contributed by atoms with van der Waals surface area (Å²) in [5.74, 6) is -11.6. The first-order chi connectivity index (χ1) is 34.0. The highest BCUT2D eigenvalue weighted by Crippen LogP contribution is 2.23. The number of aliphatic carboxylic acids is 2. The first-order valence-electron chi connectivity index (χ1n) is 23.0. The summed E-state index contributed by atoms with van der Waals surface area (Å²) in [7, 11) is 0. The number of phenols is 1. The number of primary amides is 1. The largest absolute Gasteiger partial charge is 0.508 e. The van der Waals surface area contributed by atoms with Crippen LogP contribution < -0.4 is 43.4 Å². The zero-order chi connectivity index (χ0) is 53.4. The number of amides is 9. The lowest BCUT2D eigenvalue weighted by atomic mass is 10.0. The summed E-state index contributed by atoms with van der Waals surface area (Å²) in [6.45, 7) is 1.61. The number of benzene rings is 1. The molecule has 0 aliphatic carbocycles. The summed E-state index contributed by atoms with van der Waals surface area (Å²) in [5.41, 5.74) is 11.5. The van der Waals surface area contributed by atoms with Gasteiger partial charge < -0.3 is 83.7 Å². The maximum atomic E-state index is 14.2. The Bertz CT molecular complexity index is 2300. The second-order valence-electron chi connectivity index (χ2n) is 17.4. The highest BCUT2D eigenvalue weighted by Gasteiger charge is 2.44. The standard InChI is InChI=1S/C44H62N12O16/c1-21(57)35(53-33(61)18-45)41(68)51-28(17-34(62)63)42(69)55-13-3-6-31(55)40(67)54-36(22(2)58)43(70)56-14-4-5-30(56)39(66)49-26(11-12-32(46)60)37(64)50-27(16-24-19-47-20-48-24)38(65)52-29(44(71)72)15-23-7-9-25(59)10-8-23/h7-10,19-22,26-31,35-36,57-59H,3-6,11-18,45H2,1-2H3,(H2,46,60)(H,47,48)(H,49,66)(H,50,64)(H,51,68)(H,52,65)(H,53,61)(H,54,67)(H,62,63)(H,71,72)/t21-,22-,26+,27+,28+,29+,30+,31+,35+,36+/m1/s1. The van der Waals surface area contributed by atoms with Gasteiger partial charge in [-0.3, -0.25) is 47.9 Å². The number of rotatable bonds is 26. The monoisotopic (exact) mass is 1010 g/mol. The summed E-state index contributed by atoms with van der Waals surface area (Å²) in [6.07, 6.45) is -2.24. The van der Waals surface area contributed by atoms with Crippen molar-refractivity contribution in [2.24, 2.45) is 11.5 Å². The smallest absolute Gasteiger partial charge is 0.326 e. The van der Waals surface area contributed by atoms with Gasteiger partial charge in [0, 0.05) is 44.2 Å². The molecule has 0 unspecified atom stereocenters. The van der Waals surface area contributed by atoms with Crippen LogP contribution in [0.25, 0.3) is 0 Å². The molecule has 2 aliphatic heterocycles. The Morgan fingerprint density at radius 1 is 0.708 bits per heavy atom. The molecular formula is C44H62N12O16. The molecule has 0 radical (unpaired) electrons. The number of nitrogens with one attached hydrogen (secondary N) is 7. The SMILES string of the molecule is C[C@@H](O)[C@H](NC(=O)CN)C(=O)N[C@@H](CC(=O)O)C(=O)N1CCC[C@H]1C(=O)N[C@H](C(=O)N1CCC[C@H]1C(=O)N[C@@H](CCC(N)=O)C(=O)N[C@@H](Cc1cnc[nH]1)C(=O)N[C@@H](Cc1ccc(O)cc1)C(=O)O)[C@@H](C)O. The molecule has 0 saturated carbocycles. The zero-order valence-electron chi connectivity index (χ0n) is 39.4. The van der Waals surface area contributed by atoms with Crippen LogP contribution in [0.15, 0.2) is 36.8 Å². The van der Waals surface area contributed by atoms with Gasteiger partial charge in [0.25, 0.3) is 0 Å². The fourth-order valence-corrected chi connectivity index (χ4v) is 8.16. The number of aromatic hydroxyl groups is 1. The number of nitrogens with two attached hydrogens (primary N) is 2. The second kappa shape index (κ2) is 26.5. The third-order valence-corrected chi connectivity index (χ3v) is 11.9. The number of nitrogens with zero attached hydrogens (tertiary/aromatic N) is 3. The number of carbonyl (C=O) groups excluding carboxylic acids is 9. The van der Waals surface area contributed by atoms with Crippen LogP contribution in [0.4, 0.5) is 0 Å². The number of aliphatic hydroxyl groups is 2. The highest BCUT2D eigenvalue weighted by molar-refractivity contribution is 5.99. The number of carboxylic acids is 2. The van der Waals surface area contributed by atoms with Crippen molar-refractivity contribution in [1.82, 2.24) is 51.7 Å². The van der Waals surface area contributed by atoms with E-state index in [2.05, 4.69) is 41.9 Å². The Kier molecular flexibility index (Phi) is 20.9. The summed E-state index contributed by atoms with van der Waals surface area (Å²) in [5, 5.41) is 64.4. The fourth-order valence-electron chi connectivity index (χ4n) is 8.16. The fraction of sp³-hybridized carbons (Fsp3) is 0.545. The lowest BCUT2D eigenvalue weighted by Crippen LogP contribution is -2.62. The van der Waals surface area contributed by atoms with Crippen molar-refractivity contribution in [3.8, 4) is 5.75 Å². The van der Waals surface area contributed by atoms with Crippen LogP contribution in [-0.4, -0.2) is 191 Å². The minimum Gasteiger partial charge on any atom is -0.508 e. The van der Waals surface area contributed by atoms with E-state index in [1.165, 1.54) is 43.7 Å². The van der Waals surface area contributed by atoms with Crippen LogP contribution in [0.5, 0.6) is 5.75 Å². The van der Waals surface area contributed by atoms with Crippen LogP contribution in [0.3, 0.4) is 0 Å². The van der Waals surface area contributed by atoms with Crippen LogP contribution >= 0.6 is 0 Å². The van der Waals surface area contributed by atoms with E-state index in [9.17, 15) is 78.3 Å². The van der Waals surface area contributed by atoms with E-state index < -0.39 is 151 Å². The summed E-state index contributed by atoms with van der Waals surface area (Å²) in [4.78, 5) is 153. The molecule has 1 aromatic carbocycles. The number of likely N-dealkylation sites (tertiary alicyclic amines) is 2. The molecule has 0 spiro atoms. The van der Waals surface area contributed by atoms with Gasteiger partial charge in [-0.2, -0.15) is 0 Å². The molecule has 10 atom stereocenters. The van der Waals surface area contributed by atoms with Crippen molar-refractivity contribution in [3.05, 3.63) is 48.0 Å². The van der Waals surface area contributed by atoms with Gasteiger partial charge in [0.15, 0.2) is 0 Å². The summed E-state index contributed by atoms with van der Waals surface area (Å²) >= 11 is 0. The van der Waals surface area contributed by atoms with Gasteiger partial charge in [0.2, 0.25) is 53.2 Å². The molecule has 16 N–H and O–H groups in total. The van der Waals surface area contributed by atoms with Crippen molar-refractivity contribution in [2.45, 2.75) is 132 Å². The van der Waals surface area contributed by atoms with Gasteiger partial charge in [-0.15, -0.1) is 0 Å². The van der Waals surface area contributed by atoms with Crippen molar-refractivity contribution in [2.75, 3.05) is 19.6 Å². The number of hydrogen-bond acceptors (Lipinski definition) is 16. The number of aliphatic hydroxyl groups excluding tert-OH is 2. The van der Waals surface area contributed by atoms with Gasteiger partial charge >= 0.3 is 11.9 Å². The van der Waals surface area contributed by atoms with Crippen molar-refractivity contribution in [3.63, 3.8) is 0 Å². The first kappa shape index (κ1) is 56.9. The Morgan fingerprint density at radius 3 is 1.79 bits per heavy atom. The average molecular weight is 1020 g/mol. The van der Waals surface area contributed by atoms with Gasteiger partial charge in [-0.1, -0.05) is 12.1 Å². The number of aromatic nitrogens is 2. The lowest BCUT2D eigenvalue weighted by Gasteiger charge is -2.33. The van der Waals surface area contributed by atoms with E-state index in [4.69, 9.17) is 11.5 Å². The van der Waals surface area contributed by atoms with Crippen LogP contribution in [0.2, 0.25) is 0 Å². The molecule has 2 aliphatic rings. The number of carboxylic acid groups (broad SMARTS) is 2. The third-order valence-electron chi connectivity index (χ3n) is 11.9. The van der Waals surface area contributed by atoms with Gasteiger partial charge in [-0.25, -0.2) is 9.78 Å². The molecule has 72 heavy (non-hydrogen) atoms. The molecule has 3 heterocycles. The van der Waals surface area contributed by atoms with E-state index in [0.29, 0.717) is 11.3 Å². The molecule has 28 heteroatoms. The molecule has 1 aromatic heterocycles. The van der Waals surface area contributed by atoms with E-state index in [-0.39, 0.29) is 57.4 Å². The maximum Gasteiger partial charge on any atom is 0.326 e. The van der Waals surface area contributed by atoms with Crippen LogP contribution in [0, 0.1) is 0 Å². The minimum atomic E-state index is -1.79. The third kappa shape index (κ3) is 16.2. The Morgan fingerprint density at radius 2 is 1.26 bits per heavy atom. The topological polar surface area (TPSA) is 448 Å². The number of H-pyrrole nitrogens is 1. The van der Waals surface area contributed by atoms with Crippen molar-refractivity contribution < 1.29 is 78.3 Å². The average Bonchev–Trinajstić information content (AvgIpc) is 4.14. The predicted octanol–water partition coefficient (Wildman–Crippen LogP) is -5.66. The normalized spacial score (nSPS) is 18.7. The number of carbonyl (C=O) groups is 11. The maximum absolute atomic E-state index is 14.2. The molecule has 2 aromatic rings. The summed E-state index contributed by atoms with van der Waals surface area (Å²) in [6, 6.07) is -6.78. The number of phenolic OH excluding ortho intramolecular Hbond substituents is 1. The van der Waals surface area contributed by atoms with E-state index >= 15 is 0 Å². The van der Waals surface area contributed by atoms with Crippen molar-refractivity contribution >= 4 is 65.1 Å². The Labute approximate surface area is 411 Å². The van der Waals surface area contributed by atoms with Gasteiger partial charge in [-0.05, 0) is 63.6 Å². The van der Waals surface area contributed by atoms with E-state index in [0.717, 1.165) is 16.7 Å². The Balaban J connectivity index is 1.50. The number of aromatic amines is 1. The lowest BCUT2D eigenvalue weighted by molar-refractivity contribution is -0.148. The number of imidazole rings is 1. The first-order valence-corrected chi connectivity index (χ1v) is 23.0. The van der Waals surface area contributed by atoms with Crippen molar-refractivity contribution in [1.29, 1.82) is 0 Å². The molecule has 28 nitrogen and oxygen atoms in total. The van der Waals surface area contributed by atoms with Gasteiger partial charge in [0.1, 0.15) is 54.1 Å². The number of hydrogen-bond donors (Lipinski definition) is 14. The molecular weight excluding hydrogens is 953 g/mol. The van der Waals surface area contributed by atoms with E-state index in [1.807, 2.05) is 0 Å². The summed E-state index contributed by atoms with van der Waals surface area (Å²) < 4.78 is 0. The predicted molar refractivity (Wildman–Crippen MR) is 246 cm³/mol. The Hall–Kier alpha value is -7.72. The molecule has 9 amide bonds.